The fourth-order valence-corrected chi connectivity index (χ4v) is 1.99. The first-order valence-corrected chi connectivity index (χ1v) is 7.13. The van der Waals surface area contributed by atoms with Crippen molar-refractivity contribution in [1.29, 1.82) is 0 Å². The number of halogens is 1. The molecular formula is C12H18ClN3O3S. The molecule has 3 N–H and O–H groups in total. The van der Waals surface area contributed by atoms with Crippen LogP contribution in [0, 0.1) is 10.1 Å². The zero-order valence-electron chi connectivity index (χ0n) is 11.1. The lowest BCUT2D eigenvalue weighted by atomic mass is 10.1. The maximum Gasteiger partial charge on any atom is 0.282 e. The molecule has 0 fully saturated rings. The van der Waals surface area contributed by atoms with Crippen LogP contribution < -0.4 is 11.1 Å². The van der Waals surface area contributed by atoms with E-state index in [0.717, 1.165) is 17.7 Å². The molecule has 8 heteroatoms. The summed E-state index contributed by atoms with van der Waals surface area (Å²) in [6.45, 7) is 1.04. The van der Waals surface area contributed by atoms with Gasteiger partial charge < -0.3 is 11.1 Å². The smallest absolute Gasteiger partial charge is 0.282 e. The number of thioether (sulfide) groups is 1. The van der Waals surface area contributed by atoms with Gasteiger partial charge >= 0.3 is 0 Å². The van der Waals surface area contributed by atoms with Crippen molar-refractivity contribution in [2.75, 3.05) is 19.3 Å². The summed E-state index contributed by atoms with van der Waals surface area (Å²) in [6, 6.07) is 4.54. The number of nitrogens with two attached hydrogens (primary N) is 1. The molecule has 0 bridgehead atoms. The lowest BCUT2D eigenvalue weighted by Gasteiger charge is -2.06. The van der Waals surface area contributed by atoms with E-state index < -0.39 is 10.8 Å². The van der Waals surface area contributed by atoms with Crippen LogP contribution in [0.1, 0.15) is 23.2 Å². The van der Waals surface area contributed by atoms with Crippen molar-refractivity contribution < 1.29 is 9.72 Å². The number of carbonyl (C=O) groups excluding carboxylic acids is 1. The third kappa shape index (κ3) is 5.36. The van der Waals surface area contributed by atoms with Gasteiger partial charge in [-0.25, -0.2) is 0 Å². The topological polar surface area (TPSA) is 98.3 Å². The summed E-state index contributed by atoms with van der Waals surface area (Å²) in [5.74, 6) is -0.417. The molecular weight excluding hydrogens is 302 g/mol. The maximum atomic E-state index is 11.9. The molecule has 112 valence electrons. The first kappa shape index (κ1) is 18.7. The molecule has 1 amide bonds. The second-order valence-corrected chi connectivity index (χ2v) is 4.77. The molecule has 0 aliphatic carbocycles. The Morgan fingerprint density at radius 1 is 1.45 bits per heavy atom. The predicted octanol–water partition coefficient (Wildman–Crippen LogP) is 2.21. The van der Waals surface area contributed by atoms with Crippen LogP contribution >= 0.6 is 24.2 Å². The summed E-state index contributed by atoms with van der Waals surface area (Å²) in [4.78, 5) is 23.1. The highest BCUT2D eigenvalue weighted by Crippen LogP contribution is 2.24. The molecule has 1 aromatic rings. The Labute approximate surface area is 128 Å². The van der Waals surface area contributed by atoms with E-state index in [1.165, 1.54) is 17.8 Å². The second kappa shape index (κ2) is 9.57. The van der Waals surface area contributed by atoms with Crippen molar-refractivity contribution >= 4 is 35.8 Å². The van der Waals surface area contributed by atoms with Gasteiger partial charge in [-0.1, -0.05) is 0 Å². The summed E-state index contributed by atoms with van der Waals surface area (Å²) in [5, 5.41) is 13.6. The Morgan fingerprint density at radius 3 is 2.70 bits per heavy atom. The highest BCUT2D eigenvalue weighted by molar-refractivity contribution is 7.98. The molecule has 0 saturated carbocycles. The van der Waals surface area contributed by atoms with Crippen LogP contribution in [0.3, 0.4) is 0 Å². The van der Waals surface area contributed by atoms with Gasteiger partial charge in [-0.05, 0) is 37.8 Å². The predicted molar refractivity (Wildman–Crippen MR) is 82.7 cm³/mol. The first-order valence-electron chi connectivity index (χ1n) is 5.91. The van der Waals surface area contributed by atoms with E-state index in [9.17, 15) is 14.9 Å². The van der Waals surface area contributed by atoms with E-state index in [4.69, 9.17) is 5.73 Å². The van der Waals surface area contributed by atoms with Gasteiger partial charge in [0.1, 0.15) is 5.56 Å². The quantitative estimate of drug-likeness (QED) is 0.347. The van der Waals surface area contributed by atoms with E-state index in [1.807, 2.05) is 6.26 Å². The van der Waals surface area contributed by atoms with Gasteiger partial charge in [-0.2, -0.15) is 0 Å². The highest BCUT2D eigenvalue weighted by atomic mass is 35.5. The van der Waals surface area contributed by atoms with E-state index in [0.29, 0.717) is 13.1 Å². The van der Waals surface area contributed by atoms with Crippen molar-refractivity contribution in [3.05, 3.63) is 33.9 Å². The Morgan fingerprint density at radius 2 is 2.15 bits per heavy atom. The first-order chi connectivity index (χ1) is 9.10. The van der Waals surface area contributed by atoms with Crippen molar-refractivity contribution in [2.45, 2.75) is 17.7 Å². The van der Waals surface area contributed by atoms with Crippen LogP contribution in [0.25, 0.3) is 0 Å². The van der Waals surface area contributed by atoms with Crippen LogP contribution in [0.2, 0.25) is 0 Å². The maximum absolute atomic E-state index is 11.9. The average molecular weight is 320 g/mol. The average Bonchev–Trinajstić information content (AvgIpc) is 2.42. The third-order valence-electron chi connectivity index (χ3n) is 2.56. The Balaban J connectivity index is 0.00000361. The van der Waals surface area contributed by atoms with Gasteiger partial charge in [0.2, 0.25) is 0 Å². The number of benzene rings is 1. The van der Waals surface area contributed by atoms with Gasteiger partial charge in [0.25, 0.3) is 11.6 Å². The number of hydrogen-bond acceptors (Lipinski definition) is 5. The molecule has 20 heavy (non-hydrogen) atoms. The lowest BCUT2D eigenvalue weighted by Crippen LogP contribution is -2.25. The second-order valence-electron chi connectivity index (χ2n) is 3.89. The zero-order valence-corrected chi connectivity index (χ0v) is 12.8. The number of rotatable bonds is 7. The molecule has 0 spiro atoms. The van der Waals surface area contributed by atoms with Gasteiger partial charge in [0.05, 0.1) is 4.92 Å². The van der Waals surface area contributed by atoms with E-state index in [2.05, 4.69) is 5.32 Å². The molecule has 0 aliphatic heterocycles. The summed E-state index contributed by atoms with van der Waals surface area (Å²) in [6.07, 6.45) is 3.43. The minimum Gasteiger partial charge on any atom is -0.352 e. The third-order valence-corrected chi connectivity index (χ3v) is 3.29. The largest absolute Gasteiger partial charge is 0.352 e. The highest BCUT2D eigenvalue weighted by Gasteiger charge is 2.20. The molecule has 0 aromatic heterocycles. The van der Waals surface area contributed by atoms with E-state index in [1.54, 1.807) is 12.1 Å². The molecule has 1 rings (SSSR count). The minimum atomic E-state index is -0.543. The zero-order chi connectivity index (χ0) is 14.3. The minimum absolute atomic E-state index is 0. The summed E-state index contributed by atoms with van der Waals surface area (Å²) in [5.41, 5.74) is 5.28. The van der Waals surface area contributed by atoms with Crippen LogP contribution in [-0.2, 0) is 0 Å². The van der Waals surface area contributed by atoms with Gasteiger partial charge in [0.15, 0.2) is 0 Å². The van der Waals surface area contributed by atoms with Gasteiger partial charge in [0, 0.05) is 17.5 Å². The van der Waals surface area contributed by atoms with Crippen molar-refractivity contribution in [3.63, 3.8) is 0 Å². The molecule has 1 aromatic carbocycles. The number of nitro benzene ring substituents is 1. The Bertz CT molecular complexity index is 471. The standard InChI is InChI=1S/C12H17N3O3S.ClH/c1-19-9-4-5-11(15(17)18)10(8-9)12(16)14-7-3-2-6-13;/h4-5,8H,2-3,6-7,13H2,1H3,(H,14,16);1H. The van der Waals surface area contributed by atoms with Crippen LogP contribution in [0.5, 0.6) is 0 Å². The fraction of sp³-hybridized carbons (Fsp3) is 0.417. The Kier molecular flexibility index (Phi) is 8.94. The molecule has 0 radical (unpaired) electrons. The number of amides is 1. The number of carbonyl (C=O) groups is 1. The fourth-order valence-electron chi connectivity index (χ4n) is 1.55. The summed E-state index contributed by atoms with van der Waals surface area (Å²) < 4.78 is 0. The number of nitro groups is 1. The number of unbranched alkanes of at least 4 members (excludes halogenated alkanes) is 1. The Hall–Kier alpha value is -1.31. The summed E-state index contributed by atoms with van der Waals surface area (Å²) in [7, 11) is 0. The van der Waals surface area contributed by atoms with E-state index >= 15 is 0 Å². The molecule has 0 atom stereocenters. The monoisotopic (exact) mass is 319 g/mol. The molecule has 0 heterocycles. The normalized spacial score (nSPS) is 9.70. The number of nitrogens with zero attached hydrogens (tertiary/aromatic N) is 1. The molecule has 6 nitrogen and oxygen atoms in total. The molecule has 0 saturated heterocycles. The van der Waals surface area contributed by atoms with Crippen LogP contribution in [0.4, 0.5) is 5.69 Å². The van der Waals surface area contributed by atoms with Crippen LogP contribution in [0.15, 0.2) is 23.1 Å². The van der Waals surface area contributed by atoms with Gasteiger partial charge in [-0.15, -0.1) is 24.2 Å². The molecule has 0 aliphatic rings. The number of nitrogens with one attached hydrogen (secondary N) is 1. The van der Waals surface area contributed by atoms with E-state index in [-0.39, 0.29) is 23.7 Å². The van der Waals surface area contributed by atoms with Crippen LogP contribution in [-0.4, -0.2) is 30.2 Å². The van der Waals surface area contributed by atoms with Gasteiger partial charge in [-0.3, -0.25) is 14.9 Å². The SMILES string of the molecule is CSc1ccc([N+](=O)[O-])c(C(=O)NCCCCN)c1.Cl. The number of hydrogen-bond donors (Lipinski definition) is 2. The summed E-state index contributed by atoms with van der Waals surface area (Å²) >= 11 is 1.43. The van der Waals surface area contributed by atoms with Crippen molar-refractivity contribution in [2.24, 2.45) is 5.73 Å². The van der Waals surface area contributed by atoms with Crippen molar-refractivity contribution in [1.82, 2.24) is 5.32 Å². The lowest BCUT2D eigenvalue weighted by molar-refractivity contribution is -0.385. The van der Waals surface area contributed by atoms with Crippen molar-refractivity contribution in [3.8, 4) is 0 Å². The molecule has 0 unspecified atom stereocenters.